The van der Waals surface area contributed by atoms with Crippen LogP contribution in [-0.4, -0.2) is 6.29 Å². The number of benzene rings is 1. The lowest BCUT2D eigenvalue weighted by Gasteiger charge is -2.07. The molecule has 0 aliphatic heterocycles. The maximum Gasteiger partial charge on any atom is 0.123 e. The fourth-order valence-electron chi connectivity index (χ4n) is 2.34. The predicted octanol–water partition coefficient (Wildman–Crippen LogP) is 3.58. The highest BCUT2D eigenvalue weighted by atomic mass is 16.1. The lowest BCUT2D eigenvalue weighted by atomic mass is 9.98. The summed E-state index contributed by atoms with van der Waals surface area (Å²) in [6, 6.07) is 8.80. The Hall–Kier alpha value is -1.11. The van der Waals surface area contributed by atoms with Crippen LogP contribution in [-0.2, 0) is 11.2 Å². The van der Waals surface area contributed by atoms with Crippen molar-refractivity contribution in [3.63, 3.8) is 0 Å². The first-order chi connectivity index (χ1) is 7.53. The van der Waals surface area contributed by atoms with Crippen molar-refractivity contribution < 1.29 is 4.79 Å². The molecule has 0 radical (unpaired) electrons. The van der Waals surface area contributed by atoms with Gasteiger partial charge in [-0.05, 0) is 35.3 Å². The molecule has 0 amide bonds. The number of hydrogen-bond acceptors (Lipinski definition) is 1. The molecule has 1 saturated carbocycles. The van der Waals surface area contributed by atoms with Gasteiger partial charge in [0, 0.05) is 5.92 Å². The van der Waals surface area contributed by atoms with Crippen LogP contribution in [0.5, 0.6) is 0 Å². The van der Waals surface area contributed by atoms with E-state index >= 15 is 0 Å². The standard InChI is InChI=1S/C15H20O/c1-11(10-16)8-12-4-6-13(7-5-12)14-9-15(14,2)3/h4-7,10-11,14H,8-9H2,1-3H3/t11-,14?/m0/s1. The molecule has 1 aromatic carbocycles. The highest BCUT2D eigenvalue weighted by molar-refractivity contribution is 5.53. The van der Waals surface area contributed by atoms with Gasteiger partial charge in [-0.3, -0.25) is 0 Å². The van der Waals surface area contributed by atoms with Crippen LogP contribution in [0.25, 0.3) is 0 Å². The molecule has 0 N–H and O–H groups in total. The second-order valence-electron chi connectivity index (χ2n) is 5.80. The van der Waals surface area contributed by atoms with E-state index in [-0.39, 0.29) is 5.92 Å². The number of carbonyl (C=O) groups is 1. The molecular weight excluding hydrogens is 196 g/mol. The molecule has 1 aliphatic rings. The molecule has 0 saturated heterocycles. The molecule has 16 heavy (non-hydrogen) atoms. The van der Waals surface area contributed by atoms with E-state index in [1.807, 2.05) is 6.92 Å². The number of rotatable bonds is 4. The van der Waals surface area contributed by atoms with E-state index in [2.05, 4.69) is 38.1 Å². The minimum Gasteiger partial charge on any atom is -0.303 e. The van der Waals surface area contributed by atoms with Gasteiger partial charge >= 0.3 is 0 Å². The van der Waals surface area contributed by atoms with Crippen LogP contribution >= 0.6 is 0 Å². The molecule has 1 nitrogen and oxygen atoms in total. The van der Waals surface area contributed by atoms with Gasteiger partial charge in [0.15, 0.2) is 0 Å². The minimum absolute atomic E-state index is 0.128. The molecule has 1 fully saturated rings. The van der Waals surface area contributed by atoms with Crippen molar-refractivity contribution in [2.75, 3.05) is 0 Å². The second kappa shape index (κ2) is 4.04. The average Bonchev–Trinajstić information content (AvgIpc) is 2.89. The quantitative estimate of drug-likeness (QED) is 0.703. The lowest BCUT2D eigenvalue weighted by Crippen LogP contribution is -2.00. The molecule has 86 valence electrons. The van der Waals surface area contributed by atoms with E-state index in [4.69, 9.17) is 0 Å². The summed E-state index contributed by atoms with van der Waals surface area (Å²) >= 11 is 0. The maximum atomic E-state index is 10.6. The van der Waals surface area contributed by atoms with E-state index < -0.39 is 0 Å². The average molecular weight is 216 g/mol. The van der Waals surface area contributed by atoms with E-state index in [1.54, 1.807) is 0 Å². The van der Waals surface area contributed by atoms with Gasteiger partial charge in [-0.25, -0.2) is 0 Å². The Morgan fingerprint density at radius 2 is 1.94 bits per heavy atom. The van der Waals surface area contributed by atoms with E-state index in [1.165, 1.54) is 17.5 Å². The van der Waals surface area contributed by atoms with E-state index in [0.717, 1.165) is 18.6 Å². The fraction of sp³-hybridized carbons (Fsp3) is 0.533. The molecule has 0 spiro atoms. The Bertz CT molecular complexity index is 375. The van der Waals surface area contributed by atoms with Crippen molar-refractivity contribution in [1.82, 2.24) is 0 Å². The van der Waals surface area contributed by atoms with Crippen LogP contribution in [0.1, 0.15) is 44.2 Å². The molecule has 1 heteroatoms. The van der Waals surface area contributed by atoms with Crippen molar-refractivity contribution in [1.29, 1.82) is 0 Å². The smallest absolute Gasteiger partial charge is 0.123 e. The molecule has 2 rings (SSSR count). The molecule has 1 unspecified atom stereocenters. The summed E-state index contributed by atoms with van der Waals surface area (Å²) in [7, 11) is 0. The topological polar surface area (TPSA) is 17.1 Å². The van der Waals surface area contributed by atoms with Crippen LogP contribution in [0.4, 0.5) is 0 Å². The van der Waals surface area contributed by atoms with Crippen molar-refractivity contribution in [2.24, 2.45) is 11.3 Å². The Kier molecular flexibility index (Phi) is 2.88. The van der Waals surface area contributed by atoms with Gasteiger partial charge in [-0.2, -0.15) is 0 Å². The van der Waals surface area contributed by atoms with Gasteiger partial charge in [0.05, 0.1) is 0 Å². The highest BCUT2D eigenvalue weighted by Crippen LogP contribution is 2.58. The van der Waals surface area contributed by atoms with Crippen LogP contribution < -0.4 is 0 Å². The highest BCUT2D eigenvalue weighted by Gasteiger charge is 2.46. The monoisotopic (exact) mass is 216 g/mol. The van der Waals surface area contributed by atoms with Gasteiger partial charge in [0.25, 0.3) is 0 Å². The first-order valence-corrected chi connectivity index (χ1v) is 6.07. The van der Waals surface area contributed by atoms with Crippen molar-refractivity contribution in [3.8, 4) is 0 Å². The third-order valence-corrected chi connectivity index (χ3v) is 3.69. The summed E-state index contributed by atoms with van der Waals surface area (Å²) in [6.07, 6.45) is 3.19. The summed E-state index contributed by atoms with van der Waals surface area (Å²) in [5, 5.41) is 0. The number of hydrogen-bond donors (Lipinski definition) is 0. The van der Waals surface area contributed by atoms with Gasteiger partial charge in [-0.15, -0.1) is 0 Å². The summed E-state index contributed by atoms with van der Waals surface area (Å²) in [5.41, 5.74) is 3.21. The van der Waals surface area contributed by atoms with Crippen LogP contribution in [0.15, 0.2) is 24.3 Å². The van der Waals surface area contributed by atoms with Gasteiger partial charge in [0.1, 0.15) is 6.29 Å². The second-order valence-corrected chi connectivity index (χ2v) is 5.80. The molecule has 0 heterocycles. The third-order valence-electron chi connectivity index (χ3n) is 3.69. The largest absolute Gasteiger partial charge is 0.303 e. The summed E-state index contributed by atoms with van der Waals surface area (Å²) in [6.45, 7) is 6.60. The van der Waals surface area contributed by atoms with E-state index in [9.17, 15) is 4.79 Å². The Morgan fingerprint density at radius 1 is 1.38 bits per heavy atom. The zero-order chi connectivity index (χ0) is 11.8. The van der Waals surface area contributed by atoms with Gasteiger partial charge in [0.2, 0.25) is 0 Å². The van der Waals surface area contributed by atoms with Crippen molar-refractivity contribution >= 4 is 6.29 Å². The molecular formula is C15H20O. The first-order valence-electron chi connectivity index (χ1n) is 6.07. The first kappa shape index (κ1) is 11.4. The van der Waals surface area contributed by atoms with E-state index in [0.29, 0.717) is 5.41 Å². The Morgan fingerprint density at radius 3 is 2.38 bits per heavy atom. The molecule has 1 aromatic rings. The number of carbonyl (C=O) groups excluding carboxylic acids is 1. The summed E-state index contributed by atoms with van der Waals surface area (Å²) in [5.74, 6) is 0.869. The van der Waals surface area contributed by atoms with Gasteiger partial charge in [-0.1, -0.05) is 45.0 Å². The molecule has 1 aliphatic carbocycles. The molecule has 0 aromatic heterocycles. The fourth-order valence-corrected chi connectivity index (χ4v) is 2.34. The zero-order valence-corrected chi connectivity index (χ0v) is 10.4. The normalized spacial score (nSPS) is 23.8. The Balaban J connectivity index is 2.03. The summed E-state index contributed by atoms with van der Waals surface area (Å²) in [4.78, 5) is 10.6. The SMILES string of the molecule is C[C@H](C=O)Cc1ccc(C2CC2(C)C)cc1. The third kappa shape index (κ3) is 2.34. The summed E-state index contributed by atoms with van der Waals surface area (Å²) < 4.78 is 0. The molecule has 2 atom stereocenters. The zero-order valence-electron chi connectivity index (χ0n) is 10.4. The van der Waals surface area contributed by atoms with Crippen LogP contribution in [0.3, 0.4) is 0 Å². The molecule has 0 bridgehead atoms. The Labute approximate surface area is 97.9 Å². The predicted molar refractivity (Wildman–Crippen MR) is 66.5 cm³/mol. The van der Waals surface area contributed by atoms with Crippen LogP contribution in [0, 0.1) is 11.3 Å². The van der Waals surface area contributed by atoms with Crippen molar-refractivity contribution in [3.05, 3.63) is 35.4 Å². The van der Waals surface area contributed by atoms with Crippen LogP contribution in [0.2, 0.25) is 0 Å². The van der Waals surface area contributed by atoms with Gasteiger partial charge < -0.3 is 4.79 Å². The lowest BCUT2D eigenvalue weighted by molar-refractivity contribution is -0.110. The van der Waals surface area contributed by atoms with Crippen molar-refractivity contribution in [2.45, 2.75) is 39.5 Å². The maximum absolute atomic E-state index is 10.6. The number of aldehydes is 1. The minimum atomic E-state index is 0.128.